The molecule has 5 heteroatoms. The van der Waals surface area contributed by atoms with Gasteiger partial charge in [-0.3, -0.25) is 14.4 Å². The molecule has 5 fully saturated rings. The third-order valence-corrected chi connectivity index (χ3v) is 14.1. The number of hydrogen-bond donors (Lipinski definition) is 1. The zero-order valence-corrected chi connectivity index (χ0v) is 25.4. The molecule has 1 amide bonds. The molecule has 0 aliphatic heterocycles. The molecule has 0 aromatic carbocycles. The fraction of sp³-hybridized carbons (Fsp3) is 0.824. The second-order valence-electron chi connectivity index (χ2n) is 16.4. The maximum absolute atomic E-state index is 14.6. The lowest BCUT2D eigenvalue weighted by molar-refractivity contribution is -0.182. The first-order valence-corrected chi connectivity index (χ1v) is 15.5. The number of carbonyl (C=O) groups excluding carboxylic acids is 3. The fourth-order valence-corrected chi connectivity index (χ4v) is 11.8. The number of carbonyl (C=O) groups is 3. The van der Waals surface area contributed by atoms with Crippen molar-refractivity contribution in [2.24, 2.45) is 61.6 Å². The lowest BCUT2D eigenvalue weighted by Crippen LogP contribution is -2.67. The van der Waals surface area contributed by atoms with E-state index in [-0.39, 0.29) is 62.8 Å². The molecule has 0 spiro atoms. The highest BCUT2D eigenvalue weighted by Gasteiger charge is 2.80. The summed E-state index contributed by atoms with van der Waals surface area (Å²) < 4.78 is 0. The van der Waals surface area contributed by atoms with E-state index in [9.17, 15) is 19.6 Å². The van der Waals surface area contributed by atoms with Gasteiger partial charge in [-0.05, 0) is 104 Å². The summed E-state index contributed by atoms with van der Waals surface area (Å²) in [5.74, 6) is 0.440. The van der Waals surface area contributed by atoms with Gasteiger partial charge in [0.05, 0.1) is 11.5 Å². The van der Waals surface area contributed by atoms with E-state index in [1.807, 2.05) is 13.0 Å². The van der Waals surface area contributed by atoms with Crippen LogP contribution >= 0.6 is 0 Å². The minimum absolute atomic E-state index is 0.00835. The molecular weight excluding hydrogens is 484 g/mol. The van der Waals surface area contributed by atoms with Crippen molar-refractivity contribution in [3.63, 3.8) is 0 Å². The molecule has 0 radical (unpaired) electrons. The summed E-state index contributed by atoms with van der Waals surface area (Å²) in [6, 6.07) is 2.47. The molecule has 0 aromatic rings. The molecule has 6 rings (SSSR count). The molecule has 5 nitrogen and oxygen atoms in total. The first-order valence-electron chi connectivity index (χ1n) is 15.5. The number of hydrogen-bond acceptors (Lipinski definition) is 4. The fourth-order valence-electron chi connectivity index (χ4n) is 11.8. The van der Waals surface area contributed by atoms with Gasteiger partial charge in [0.1, 0.15) is 5.41 Å². The van der Waals surface area contributed by atoms with Gasteiger partial charge >= 0.3 is 0 Å². The number of fused-ring (bicyclic) bond motifs is 9. The molecule has 5 saturated carbocycles. The molecule has 0 saturated heterocycles. The van der Waals surface area contributed by atoms with Gasteiger partial charge in [-0.1, -0.05) is 54.0 Å². The highest BCUT2D eigenvalue weighted by molar-refractivity contribution is 5.99. The Bertz CT molecular complexity index is 1260. The number of nitrogens with zero attached hydrogens (tertiary/aromatic N) is 1. The topological polar surface area (TPSA) is 87.0 Å². The van der Waals surface area contributed by atoms with Gasteiger partial charge in [0, 0.05) is 17.9 Å². The van der Waals surface area contributed by atoms with Gasteiger partial charge in [0.15, 0.2) is 11.6 Å². The number of ketones is 2. The summed E-state index contributed by atoms with van der Waals surface area (Å²) in [5.41, 5.74) is -1.45. The van der Waals surface area contributed by atoms with Crippen LogP contribution in [0.3, 0.4) is 0 Å². The van der Waals surface area contributed by atoms with Crippen molar-refractivity contribution < 1.29 is 14.4 Å². The quantitative estimate of drug-likeness (QED) is 0.444. The SMILES string of the molecule is CCNC(=O)[C@]12CCC(C)(C)CC1C1C(=O)C=C3[C@@]4(C)[C@H]5C[C@@]5(C#N)C(=O)C(C)(C)[C@@H]4CC[C@@]3(C)[C@]1(C)CC2. The lowest BCUT2D eigenvalue weighted by Gasteiger charge is -2.69. The lowest BCUT2D eigenvalue weighted by atomic mass is 9.33. The molecular formula is C34H48N2O3. The monoisotopic (exact) mass is 532 g/mol. The highest BCUT2D eigenvalue weighted by Crippen LogP contribution is 2.81. The number of Topliss-reactive ketones (excluding diaryl/α,β-unsaturated/α-hetero) is 1. The van der Waals surface area contributed by atoms with E-state index in [2.05, 4.69) is 59.9 Å². The number of rotatable bonds is 2. The van der Waals surface area contributed by atoms with Crippen LogP contribution in [0.1, 0.15) is 107 Å². The predicted octanol–water partition coefficient (Wildman–Crippen LogP) is 6.42. The van der Waals surface area contributed by atoms with Crippen molar-refractivity contribution >= 4 is 17.5 Å². The average molecular weight is 533 g/mol. The molecule has 0 bridgehead atoms. The van der Waals surface area contributed by atoms with E-state index in [1.54, 1.807) is 0 Å². The van der Waals surface area contributed by atoms with Crippen molar-refractivity contribution in [2.75, 3.05) is 6.54 Å². The van der Waals surface area contributed by atoms with Gasteiger partial charge in [0.2, 0.25) is 5.91 Å². The number of amides is 1. The van der Waals surface area contributed by atoms with E-state index in [0.717, 1.165) is 44.9 Å². The van der Waals surface area contributed by atoms with E-state index >= 15 is 0 Å². The Hall–Kier alpha value is -1.96. The van der Waals surface area contributed by atoms with Crippen LogP contribution in [0.2, 0.25) is 0 Å². The number of allylic oxidation sites excluding steroid dienone is 2. The molecule has 9 atom stereocenters. The van der Waals surface area contributed by atoms with E-state index in [0.29, 0.717) is 13.0 Å². The molecule has 1 N–H and O–H groups in total. The minimum Gasteiger partial charge on any atom is -0.356 e. The van der Waals surface area contributed by atoms with Crippen LogP contribution in [-0.4, -0.2) is 24.0 Å². The van der Waals surface area contributed by atoms with Crippen LogP contribution in [-0.2, 0) is 14.4 Å². The summed E-state index contributed by atoms with van der Waals surface area (Å²) >= 11 is 0. The highest BCUT2D eigenvalue weighted by atomic mass is 16.2. The van der Waals surface area contributed by atoms with Crippen LogP contribution < -0.4 is 5.32 Å². The number of nitrogens with one attached hydrogen (secondary N) is 1. The summed E-state index contributed by atoms with van der Waals surface area (Å²) in [4.78, 5) is 42.0. The Kier molecular flexibility index (Phi) is 5.34. The zero-order valence-electron chi connectivity index (χ0n) is 25.4. The van der Waals surface area contributed by atoms with E-state index in [1.165, 1.54) is 5.57 Å². The average Bonchev–Trinajstić information content (AvgIpc) is 3.61. The summed E-state index contributed by atoms with van der Waals surface area (Å²) in [5, 5.41) is 13.4. The summed E-state index contributed by atoms with van der Waals surface area (Å²) in [6.07, 6.45) is 8.97. The Labute approximate surface area is 234 Å². The zero-order chi connectivity index (χ0) is 28.6. The molecule has 0 heterocycles. The molecule has 39 heavy (non-hydrogen) atoms. The van der Waals surface area contributed by atoms with E-state index in [4.69, 9.17) is 0 Å². The Morgan fingerprint density at radius 1 is 0.974 bits per heavy atom. The van der Waals surface area contributed by atoms with Crippen LogP contribution in [0.25, 0.3) is 0 Å². The standard InChI is InChI=1S/C34H48N2O3/c1-9-36-27(39)33-14-12-28(2,3)17-20(33)25-21(37)16-23-30(6,31(25,7)13-15-33)11-10-22-29(4,5)26(38)34(19-35)18-24(34)32(22,23)8/h16,20,22,24-25H,9-15,17-18H2,1-8H3,(H,36,39)/t20?,22-,24+,25?,30+,31+,32-,33-,34-/m0/s1. The normalized spacial score (nSPS) is 50.6. The Morgan fingerprint density at radius 3 is 2.28 bits per heavy atom. The van der Waals surface area contributed by atoms with Gasteiger partial charge in [0.25, 0.3) is 0 Å². The second-order valence-corrected chi connectivity index (χ2v) is 16.4. The largest absolute Gasteiger partial charge is 0.356 e. The maximum Gasteiger partial charge on any atom is 0.226 e. The number of nitriles is 1. The third kappa shape index (κ3) is 2.95. The van der Waals surface area contributed by atoms with Crippen molar-refractivity contribution in [3.8, 4) is 6.07 Å². The molecule has 2 unspecified atom stereocenters. The van der Waals surface area contributed by atoms with Gasteiger partial charge < -0.3 is 5.32 Å². The van der Waals surface area contributed by atoms with Crippen LogP contribution in [0, 0.1) is 72.9 Å². The smallest absolute Gasteiger partial charge is 0.226 e. The first kappa shape index (κ1) is 27.2. The molecule has 6 aliphatic rings. The molecule has 0 aromatic heterocycles. The van der Waals surface area contributed by atoms with Crippen molar-refractivity contribution in [1.82, 2.24) is 5.32 Å². The van der Waals surface area contributed by atoms with Crippen LogP contribution in [0.15, 0.2) is 11.6 Å². The van der Waals surface area contributed by atoms with Crippen molar-refractivity contribution in [2.45, 2.75) is 107 Å². The third-order valence-electron chi connectivity index (χ3n) is 14.1. The second kappa shape index (κ2) is 7.65. The van der Waals surface area contributed by atoms with E-state index < -0.39 is 16.2 Å². The minimum atomic E-state index is -0.901. The van der Waals surface area contributed by atoms with Crippen molar-refractivity contribution in [1.29, 1.82) is 5.26 Å². The van der Waals surface area contributed by atoms with Crippen LogP contribution in [0.5, 0.6) is 0 Å². The molecule has 212 valence electrons. The van der Waals surface area contributed by atoms with Crippen LogP contribution in [0.4, 0.5) is 0 Å². The summed E-state index contributed by atoms with van der Waals surface area (Å²) in [6.45, 7) is 18.4. The Morgan fingerprint density at radius 2 is 1.64 bits per heavy atom. The Balaban J connectivity index is 1.51. The molecule has 6 aliphatic carbocycles. The first-order chi connectivity index (χ1) is 18.0. The maximum atomic E-state index is 14.6. The van der Waals surface area contributed by atoms with Crippen molar-refractivity contribution in [3.05, 3.63) is 11.6 Å². The van der Waals surface area contributed by atoms with Gasteiger partial charge in [-0.15, -0.1) is 0 Å². The van der Waals surface area contributed by atoms with Gasteiger partial charge in [-0.2, -0.15) is 5.26 Å². The predicted molar refractivity (Wildman–Crippen MR) is 150 cm³/mol. The van der Waals surface area contributed by atoms with Gasteiger partial charge in [-0.25, -0.2) is 0 Å². The summed E-state index contributed by atoms with van der Waals surface area (Å²) in [7, 11) is 0.